The van der Waals surface area contributed by atoms with Crippen LogP contribution in [-0.2, 0) is 0 Å². The van der Waals surface area contributed by atoms with Gasteiger partial charge in [-0.25, -0.2) is 0 Å². The molecule has 3 rings (SSSR count). The maximum atomic E-state index is 2.86. The van der Waals surface area contributed by atoms with Crippen LogP contribution in [0.5, 0.6) is 0 Å². The molecule has 3 aromatic rings. The van der Waals surface area contributed by atoms with E-state index in [-0.39, 0.29) is 0 Å². The van der Waals surface area contributed by atoms with Crippen molar-refractivity contribution in [2.45, 2.75) is 6.42 Å². The zero-order chi connectivity index (χ0) is 18.5. The van der Waals surface area contributed by atoms with E-state index in [4.69, 9.17) is 0 Å². The third kappa shape index (κ3) is 3.60. The summed E-state index contributed by atoms with van der Waals surface area (Å²) in [4.78, 5) is 2.29. The van der Waals surface area contributed by atoms with Crippen molar-refractivity contribution in [3.05, 3.63) is 91.0 Å². The van der Waals surface area contributed by atoms with Gasteiger partial charge in [-0.2, -0.15) is 0 Å². The van der Waals surface area contributed by atoms with Gasteiger partial charge in [0.15, 0.2) is 0 Å². The predicted octanol–water partition coefficient (Wildman–Crippen LogP) is 4.82. The van der Waals surface area contributed by atoms with Crippen molar-refractivity contribution >= 4 is 42.2 Å². The second-order valence-electron chi connectivity index (χ2n) is 7.07. The Morgan fingerprint density at radius 1 is 0.654 bits per heavy atom. The van der Waals surface area contributed by atoms with Crippen LogP contribution in [0.1, 0.15) is 6.42 Å². The van der Waals surface area contributed by atoms with Gasteiger partial charge in [-0.05, 0) is 0 Å². The van der Waals surface area contributed by atoms with Crippen LogP contribution in [0.25, 0.3) is 0 Å². The summed E-state index contributed by atoms with van der Waals surface area (Å²) in [5.74, 6) is 0. The molecule has 0 N–H and O–H groups in total. The summed E-state index contributed by atoms with van der Waals surface area (Å²) in [6.07, 6.45) is 2.34. The number of hydrogen-bond acceptors (Lipinski definition) is 1. The van der Waals surface area contributed by atoms with Crippen LogP contribution in [0.4, 0.5) is 0 Å². The Morgan fingerprint density at radius 2 is 1.00 bits per heavy atom. The third-order valence-corrected chi connectivity index (χ3v) is 16.8. The molecule has 3 aromatic carbocycles. The van der Waals surface area contributed by atoms with Crippen molar-refractivity contribution in [1.29, 1.82) is 0 Å². The van der Waals surface area contributed by atoms with Gasteiger partial charge in [-0.1, -0.05) is 0 Å². The molecular formula is C23H27INP. The second kappa shape index (κ2) is 8.21. The Balaban J connectivity index is 2.28. The molecule has 0 spiro atoms. The van der Waals surface area contributed by atoms with Crippen LogP contribution < -0.4 is 15.9 Å². The summed E-state index contributed by atoms with van der Waals surface area (Å²) in [7, 11) is 4.32. The Morgan fingerprint density at radius 3 is 1.31 bits per heavy atom. The molecule has 0 aliphatic carbocycles. The Bertz CT molecular complexity index is 719. The molecule has 136 valence electrons. The number of halogens is 1. The molecule has 0 saturated heterocycles. The van der Waals surface area contributed by atoms with Crippen LogP contribution in [0.3, 0.4) is 0 Å². The average Bonchev–Trinajstić information content (AvgIpc) is 2.70. The zero-order valence-electron chi connectivity index (χ0n) is 15.6. The predicted molar refractivity (Wildman–Crippen MR) is 127 cm³/mol. The molecule has 0 bridgehead atoms. The van der Waals surface area contributed by atoms with Crippen LogP contribution >= 0.6 is 26.3 Å². The van der Waals surface area contributed by atoms with Gasteiger partial charge in [0.2, 0.25) is 0 Å². The number of nitrogens with zero attached hydrogens (tertiary/aromatic N) is 1. The fourth-order valence-corrected chi connectivity index (χ4v) is 12.4. The topological polar surface area (TPSA) is 3.24 Å². The Labute approximate surface area is 170 Å². The van der Waals surface area contributed by atoms with Crippen molar-refractivity contribution in [3.63, 3.8) is 0 Å². The van der Waals surface area contributed by atoms with Gasteiger partial charge < -0.3 is 0 Å². The maximum absolute atomic E-state index is 2.86. The minimum absolute atomic E-state index is 1.10. The van der Waals surface area contributed by atoms with E-state index in [9.17, 15) is 0 Å². The summed E-state index contributed by atoms with van der Waals surface area (Å²) < 4.78 is -2.56. The van der Waals surface area contributed by atoms with E-state index in [1.807, 2.05) is 0 Å². The first kappa shape index (κ1) is 19.5. The fraction of sp³-hybridized carbons (Fsp3) is 0.217. The van der Waals surface area contributed by atoms with Crippen LogP contribution in [0.15, 0.2) is 91.0 Å². The van der Waals surface area contributed by atoms with Gasteiger partial charge in [0.1, 0.15) is 0 Å². The van der Waals surface area contributed by atoms with Crippen molar-refractivity contribution < 1.29 is 0 Å². The summed E-state index contributed by atoms with van der Waals surface area (Å²) in [5.41, 5.74) is 0. The SMILES string of the molecule is CN(C)CCCP(I)(c1ccccc1)(c1ccccc1)c1ccccc1. The van der Waals surface area contributed by atoms with Crippen molar-refractivity contribution in [3.8, 4) is 0 Å². The minimum atomic E-state index is -2.56. The fourth-order valence-electron chi connectivity index (χ4n) is 3.73. The molecule has 0 aliphatic rings. The van der Waals surface area contributed by atoms with E-state index in [0.29, 0.717) is 0 Å². The molecule has 0 heterocycles. The molecule has 0 atom stereocenters. The monoisotopic (exact) mass is 475 g/mol. The first-order valence-electron chi connectivity index (χ1n) is 9.10. The van der Waals surface area contributed by atoms with Crippen LogP contribution in [0.2, 0.25) is 0 Å². The average molecular weight is 475 g/mol. The van der Waals surface area contributed by atoms with E-state index in [1.165, 1.54) is 28.5 Å². The summed E-state index contributed by atoms with van der Waals surface area (Å²) in [6, 6.07) is 33.5. The van der Waals surface area contributed by atoms with Gasteiger partial charge in [0.05, 0.1) is 0 Å². The number of benzene rings is 3. The van der Waals surface area contributed by atoms with E-state index in [2.05, 4.69) is 132 Å². The van der Waals surface area contributed by atoms with Crippen molar-refractivity contribution in [1.82, 2.24) is 4.90 Å². The summed E-state index contributed by atoms with van der Waals surface area (Å²) in [6.45, 7) is 1.10. The number of rotatable bonds is 7. The molecular weight excluding hydrogens is 448 g/mol. The van der Waals surface area contributed by atoms with Crippen LogP contribution in [0, 0.1) is 0 Å². The van der Waals surface area contributed by atoms with Crippen LogP contribution in [-0.4, -0.2) is 31.7 Å². The first-order valence-corrected chi connectivity index (χ1v) is 14.3. The van der Waals surface area contributed by atoms with E-state index in [0.717, 1.165) is 6.54 Å². The molecule has 0 unspecified atom stereocenters. The van der Waals surface area contributed by atoms with Gasteiger partial charge in [0.25, 0.3) is 0 Å². The first-order chi connectivity index (χ1) is 12.6. The van der Waals surface area contributed by atoms with Gasteiger partial charge >= 0.3 is 171 Å². The van der Waals surface area contributed by atoms with Gasteiger partial charge in [-0.15, -0.1) is 0 Å². The van der Waals surface area contributed by atoms with Crippen molar-refractivity contribution in [2.75, 3.05) is 26.8 Å². The summed E-state index contributed by atoms with van der Waals surface area (Å²) >= 11 is 2.86. The van der Waals surface area contributed by atoms with Gasteiger partial charge in [0, 0.05) is 0 Å². The molecule has 0 amide bonds. The molecule has 0 aromatic heterocycles. The molecule has 26 heavy (non-hydrogen) atoms. The third-order valence-electron chi connectivity index (χ3n) is 5.07. The van der Waals surface area contributed by atoms with Gasteiger partial charge in [-0.3, -0.25) is 0 Å². The van der Waals surface area contributed by atoms with Crippen molar-refractivity contribution in [2.24, 2.45) is 0 Å². The van der Waals surface area contributed by atoms with E-state index >= 15 is 0 Å². The standard InChI is InChI=1S/C23H27INP/c1-25(2)19-12-20-26(24,21-13-6-3-7-14-21,22-15-8-4-9-16-22)23-17-10-5-11-18-23/h3-11,13-18H,12,19-20H2,1-2H3. The molecule has 3 heteroatoms. The zero-order valence-corrected chi connectivity index (χ0v) is 18.6. The Hall–Kier alpha value is -1.22. The molecule has 1 nitrogen and oxygen atoms in total. The molecule has 0 radical (unpaired) electrons. The molecule has 0 aliphatic heterocycles. The number of hydrogen-bond donors (Lipinski definition) is 0. The normalized spacial score (nSPS) is 13.3. The molecule has 0 saturated carbocycles. The quantitative estimate of drug-likeness (QED) is 0.350. The second-order valence-corrected chi connectivity index (χ2v) is 17.8. The molecule has 0 fully saturated rings. The van der Waals surface area contributed by atoms with E-state index in [1.54, 1.807) is 0 Å². The summed E-state index contributed by atoms with van der Waals surface area (Å²) in [5, 5.41) is 4.40. The van der Waals surface area contributed by atoms with E-state index < -0.39 is 4.25 Å². The Kier molecular flexibility index (Phi) is 6.17.